The molecular formula is C35H39ClN14O4S2. The molecule has 8 heterocycles. The van der Waals surface area contributed by atoms with Crippen molar-refractivity contribution in [1.82, 2.24) is 63.3 Å². The summed E-state index contributed by atoms with van der Waals surface area (Å²) in [4.78, 5) is 24.3. The molecule has 0 unspecified atom stereocenters. The van der Waals surface area contributed by atoms with E-state index in [9.17, 15) is 16.8 Å². The predicted octanol–water partition coefficient (Wildman–Crippen LogP) is 3.74. The standard InChI is InChI=1S/C17H17N7O2S.C13H13N5.C4H5ClN2O2S.CH4/c1-23-6-11(4-21-23)27(25,26)22-16-7-17(8-16,9-16)24-10-20-13-5-19-15-12(14(13)24)2-3-18-15;14-12-4-13(5-12,6-12)18-7-17-9-3-16-11-8(10(9)18)1-2-15-11;1-7-3-4(2-6-7)10(5,8)9;/h2-6,10,22H,7-9H2,1H3,(H,18,19);1-3,7H,4-6,14H2,(H,15,16);2-3H,1H3;1H4. The van der Waals surface area contributed by atoms with Crippen LogP contribution in [0.2, 0.25) is 0 Å². The quantitative estimate of drug-likeness (QED) is 0.176. The van der Waals surface area contributed by atoms with Crippen LogP contribution in [0.25, 0.3) is 44.1 Å². The number of sulfonamides is 1. The zero-order valence-electron chi connectivity index (χ0n) is 29.5. The van der Waals surface area contributed by atoms with Crippen molar-refractivity contribution < 1.29 is 16.8 Å². The van der Waals surface area contributed by atoms with E-state index in [-0.39, 0.29) is 39.4 Å². The number of hydrogen-bond donors (Lipinski definition) is 4. The molecule has 14 rings (SSSR count). The van der Waals surface area contributed by atoms with Crippen LogP contribution in [0.4, 0.5) is 0 Å². The number of pyridine rings is 2. The van der Waals surface area contributed by atoms with Gasteiger partial charge in [-0.3, -0.25) is 9.36 Å². The molecule has 0 saturated heterocycles. The molecular weight excluding hydrogens is 780 g/mol. The van der Waals surface area contributed by atoms with Crippen molar-refractivity contribution in [1.29, 1.82) is 0 Å². The van der Waals surface area contributed by atoms with E-state index in [1.165, 1.54) is 39.7 Å². The van der Waals surface area contributed by atoms with Gasteiger partial charge >= 0.3 is 0 Å². The van der Waals surface area contributed by atoms with Crippen molar-refractivity contribution >= 4 is 73.9 Å². The van der Waals surface area contributed by atoms with E-state index in [1.54, 1.807) is 20.3 Å². The van der Waals surface area contributed by atoms with Gasteiger partial charge in [0.25, 0.3) is 9.05 Å². The number of nitrogens with zero attached hydrogens (tertiary/aromatic N) is 10. The normalized spacial score (nSPS) is 25.9. The van der Waals surface area contributed by atoms with Gasteiger partial charge in [0.15, 0.2) is 0 Å². The minimum atomic E-state index is -3.59. The fourth-order valence-electron chi connectivity index (χ4n) is 9.31. The van der Waals surface area contributed by atoms with Gasteiger partial charge < -0.3 is 24.8 Å². The van der Waals surface area contributed by atoms with E-state index in [1.807, 2.05) is 37.3 Å². The zero-order valence-corrected chi connectivity index (χ0v) is 31.9. The van der Waals surface area contributed by atoms with Crippen LogP contribution >= 0.6 is 10.7 Å². The van der Waals surface area contributed by atoms with Crippen molar-refractivity contribution in [2.75, 3.05) is 0 Å². The Hall–Kier alpha value is -5.15. The molecule has 4 bridgehead atoms. The lowest BCUT2D eigenvalue weighted by Gasteiger charge is -2.70. The van der Waals surface area contributed by atoms with Gasteiger partial charge in [0.2, 0.25) is 10.0 Å². The maximum absolute atomic E-state index is 12.6. The molecule has 6 fully saturated rings. The number of rotatable bonds is 6. The van der Waals surface area contributed by atoms with Crippen LogP contribution in [0.15, 0.2) is 84.2 Å². The van der Waals surface area contributed by atoms with Gasteiger partial charge in [-0.2, -0.15) is 10.2 Å². The van der Waals surface area contributed by atoms with Crippen molar-refractivity contribution in [3.63, 3.8) is 0 Å². The second kappa shape index (κ2) is 11.9. The first-order valence-corrected chi connectivity index (χ1v) is 21.2. The first kappa shape index (κ1) is 36.5. The van der Waals surface area contributed by atoms with Gasteiger partial charge in [-0.1, -0.05) is 7.43 Å². The number of halogens is 1. The molecule has 6 saturated carbocycles. The third-order valence-corrected chi connectivity index (χ3v) is 14.4. The number of aromatic nitrogens is 12. The molecule has 18 nitrogen and oxygen atoms in total. The Balaban J connectivity index is 0.000000122. The minimum absolute atomic E-state index is 0. The molecule has 0 aromatic carbocycles. The summed E-state index contributed by atoms with van der Waals surface area (Å²) in [5.41, 5.74) is 11.9. The largest absolute Gasteiger partial charge is 0.346 e. The molecule has 21 heteroatoms. The molecule has 8 aromatic rings. The van der Waals surface area contributed by atoms with Crippen LogP contribution in [0.1, 0.15) is 46.0 Å². The lowest BCUT2D eigenvalue weighted by molar-refractivity contribution is -0.122. The number of fused-ring (bicyclic) bond motifs is 6. The van der Waals surface area contributed by atoms with Crippen molar-refractivity contribution in [3.05, 3.63) is 74.4 Å². The Kier molecular flexibility index (Phi) is 7.77. The molecule has 0 aliphatic heterocycles. The minimum Gasteiger partial charge on any atom is -0.346 e. The van der Waals surface area contributed by atoms with Gasteiger partial charge in [0.1, 0.15) is 32.1 Å². The smallest absolute Gasteiger partial charge is 0.264 e. The summed E-state index contributed by atoms with van der Waals surface area (Å²) in [5.74, 6) is 0. The van der Waals surface area contributed by atoms with E-state index in [4.69, 9.17) is 16.4 Å². The average molecular weight is 819 g/mol. The van der Waals surface area contributed by atoms with Crippen molar-refractivity contribution in [3.8, 4) is 0 Å². The fraction of sp³-hybridized carbons (Fsp3) is 0.371. The van der Waals surface area contributed by atoms with Gasteiger partial charge in [-0.25, -0.2) is 41.5 Å². The molecule has 292 valence electrons. The molecule has 0 amide bonds. The van der Waals surface area contributed by atoms with E-state index in [0.29, 0.717) is 0 Å². The van der Waals surface area contributed by atoms with E-state index in [0.717, 1.165) is 77.1 Å². The molecule has 5 N–H and O–H groups in total. The molecule has 6 aliphatic carbocycles. The van der Waals surface area contributed by atoms with Gasteiger partial charge in [-0.15, -0.1) is 0 Å². The summed E-state index contributed by atoms with van der Waals surface area (Å²) in [5, 5.41) is 9.79. The monoisotopic (exact) mass is 818 g/mol. The number of imidazole rings is 2. The maximum atomic E-state index is 12.6. The van der Waals surface area contributed by atoms with Gasteiger partial charge in [0, 0.05) is 71.4 Å². The molecule has 0 radical (unpaired) electrons. The molecule has 56 heavy (non-hydrogen) atoms. The van der Waals surface area contributed by atoms with E-state index in [2.05, 4.69) is 60.0 Å². The first-order valence-electron chi connectivity index (χ1n) is 17.4. The Morgan fingerprint density at radius 2 is 1.18 bits per heavy atom. The molecule has 8 aromatic heterocycles. The summed E-state index contributed by atoms with van der Waals surface area (Å²) < 4.78 is 56.7. The zero-order chi connectivity index (χ0) is 38.2. The second-order valence-electron chi connectivity index (χ2n) is 15.6. The average Bonchev–Trinajstić information content (AvgIpc) is 3.90. The highest BCUT2D eigenvalue weighted by atomic mass is 35.7. The van der Waals surface area contributed by atoms with E-state index >= 15 is 0 Å². The number of nitrogens with two attached hydrogens (primary N) is 1. The Labute approximate surface area is 325 Å². The number of aromatic amines is 2. The lowest BCUT2D eigenvalue weighted by atomic mass is 9.44. The highest BCUT2D eigenvalue weighted by Crippen LogP contribution is 2.66. The van der Waals surface area contributed by atoms with E-state index < -0.39 is 19.1 Å². The summed E-state index contributed by atoms with van der Waals surface area (Å²) >= 11 is 0. The fourth-order valence-corrected chi connectivity index (χ4v) is 11.4. The highest BCUT2D eigenvalue weighted by molar-refractivity contribution is 8.13. The SMILES string of the molecule is C.Cn1cc(S(=O)(=O)Cl)cn1.Cn1cc(S(=O)(=O)NC23CC(n4cnc5cnc6[nH]ccc6c54)(C2)C3)cn1.NC12CC(n3cnc4cnc5[nH]ccc5c43)(C1)C2. The predicted molar refractivity (Wildman–Crippen MR) is 209 cm³/mol. The van der Waals surface area contributed by atoms with Crippen LogP contribution in [0.3, 0.4) is 0 Å². The van der Waals surface area contributed by atoms with Crippen LogP contribution in [0, 0.1) is 0 Å². The number of aryl methyl sites for hydroxylation is 2. The second-order valence-corrected chi connectivity index (χ2v) is 19.8. The Bertz CT molecular complexity index is 3020. The molecule has 6 aliphatic rings. The summed E-state index contributed by atoms with van der Waals surface area (Å²) in [6, 6.07) is 4.09. The van der Waals surface area contributed by atoms with Gasteiger partial charge in [0.05, 0.1) is 59.6 Å². The van der Waals surface area contributed by atoms with Crippen molar-refractivity contribution in [2.45, 2.75) is 77.9 Å². The molecule has 0 atom stereocenters. The lowest BCUT2D eigenvalue weighted by Crippen LogP contribution is -2.78. The van der Waals surface area contributed by atoms with Crippen LogP contribution in [0.5, 0.6) is 0 Å². The van der Waals surface area contributed by atoms with Crippen LogP contribution < -0.4 is 10.5 Å². The summed E-state index contributed by atoms with van der Waals surface area (Å²) in [7, 11) is 1.16. The Morgan fingerprint density at radius 1 is 0.714 bits per heavy atom. The number of H-pyrrole nitrogens is 2. The third-order valence-electron chi connectivity index (χ3n) is 11.6. The Morgan fingerprint density at radius 3 is 1.59 bits per heavy atom. The van der Waals surface area contributed by atoms with Crippen LogP contribution in [-0.4, -0.2) is 86.5 Å². The van der Waals surface area contributed by atoms with Gasteiger partial charge in [-0.05, 0) is 50.7 Å². The third kappa shape index (κ3) is 5.48. The number of nitrogens with one attached hydrogen (secondary N) is 3. The maximum Gasteiger partial charge on any atom is 0.264 e. The summed E-state index contributed by atoms with van der Waals surface area (Å²) in [6.07, 6.45) is 22.2. The first-order chi connectivity index (χ1) is 26.1. The topological polar surface area (TPSA) is 235 Å². The van der Waals surface area contributed by atoms with Crippen molar-refractivity contribution in [2.24, 2.45) is 19.8 Å². The summed E-state index contributed by atoms with van der Waals surface area (Å²) in [6.45, 7) is 0. The number of hydrogen-bond acceptors (Lipinski definition) is 11. The van der Waals surface area contributed by atoms with Crippen LogP contribution in [-0.2, 0) is 44.2 Å². The highest BCUT2D eigenvalue weighted by Gasteiger charge is 2.70. The molecule has 0 spiro atoms.